The predicted molar refractivity (Wildman–Crippen MR) is 45.4 cm³/mol. The zero-order valence-electron chi connectivity index (χ0n) is 5.36. The van der Waals surface area contributed by atoms with Crippen LogP contribution in [0.2, 0.25) is 0 Å². The lowest BCUT2D eigenvalue weighted by atomic mass is 10.1. The molecule has 8 heavy (non-hydrogen) atoms. The van der Waals surface area contributed by atoms with Gasteiger partial charge in [0.25, 0.3) is 0 Å². The molecule has 0 N–H and O–H groups in total. The van der Waals surface area contributed by atoms with Crippen molar-refractivity contribution in [1.29, 1.82) is 0 Å². The summed E-state index contributed by atoms with van der Waals surface area (Å²) < 4.78 is 0.998. The van der Waals surface area contributed by atoms with Gasteiger partial charge < -0.3 is 0 Å². The van der Waals surface area contributed by atoms with E-state index < -0.39 is 0 Å². The fourth-order valence-electron chi connectivity index (χ4n) is 1.45. The normalized spacial score (nSPS) is 38.2. The summed E-state index contributed by atoms with van der Waals surface area (Å²) in [5.74, 6) is 1.05. The van der Waals surface area contributed by atoms with Crippen LogP contribution in [0.3, 0.4) is 0 Å². The van der Waals surface area contributed by atoms with Gasteiger partial charge in [-0.2, -0.15) is 0 Å². The molecule has 0 nitrogen and oxygen atoms in total. The molecule has 1 fully saturated rings. The van der Waals surface area contributed by atoms with Crippen molar-refractivity contribution in [2.24, 2.45) is 5.92 Å². The molecule has 0 aromatic rings. The Morgan fingerprint density at radius 1 is 1.50 bits per heavy atom. The first-order valence-corrected chi connectivity index (χ1v) is 4.73. The minimum Gasteiger partial charge on any atom is -0.0823 e. The van der Waals surface area contributed by atoms with E-state index in [0.29, 0.717) is 0 Å². The Morgan fingerprint density at radius 2 is 2.25 bits per heavy atom. The van der Waals surface area contributed by atoms with E-state index in [4.69, 9.17) is 0 Å². The van der Waals surface area contributed by atoms with Gasteiger partial charge in [0.2, 0.25) is 0 Å². The summed E-state index contributed by atoms with van der Waals surface area (Å²) in [7, 11) is 0. The highest BCUT2D eigenvalue weighted by Crippen LogP contribution is 2.33. The molecule has 0 aromatic heterocycles. The molecule has 1 heteroatoms. The van der Waals surface area contributed by atoms with Crippen molar-refractivity contribution in [3.8, 4) is 0 Å². The monoisotopic (exact) mass is 224 g/mol. The van der Waals surface area contributed by atoms with E-state index in [1.54, 1.807) is 0 Å². The van der Waals surface area contributed by atoms with Crippen LogP contribution in [0.5, 0.6) is 0 Å². The van der Waals surface area contributed by atoms with Crippen molar-refractivity contribution in [2.45, 2.75) is 36.5 Å². The maximum Gasteiger partial charge on any atom is 0.0138 e. The van der Waals surface area contributed by atoms with Crippen molar-refractivity contribution < 1.29 is 0 Å². The summed E-state index contributed by atoms with van der Waals surface area (Å²) in [6, 6.07) is 0. The Balaban J connectivity index is 2.30. The van der Waals surface area contributed by atoms with Gasteiger partial charge in [0.1, 0.15) is 0 Å². The standard InChI is InChI=1S/C7H13I/c1-2-6-4-3-5-7(6)8/h6-7H,2-5H2,1H3/t6-,7+/m0/s1. The van der Waals surface area contributed by atoms with Gasteiger partial charge in [0.15, 0.2) is 0 Å². The molecular formula is C7H13I. The summed E-state index contributed by atoms with van der Waals surface area (Å²) in [4.78, 5) is 0. The second-order valence-electron chi connectivity index (χ2n) is 2.62. The first-order valence-electron chi connectivity index (χ1n) is 3.48. The Bertz CT molecular complexity index is 70.8. The molecule has 0 aromatic carbocycles. The smallest absolute Gasteiger partial charge is 0.0138 e. The molecule has 2 atom stereocenters. The van der Waals surface area contributed by atoms with Gasteiger partial charge in [-0.3, -0.25) is 0 Å². The van der Waals surface area contributed by atoms with Gasteiger partial charge in [0, 0.05) is 3.92 Å². The fraction of sp³-hybridized carbons (Fsp3) is 1.00. The quantitative estimate of drug-likeness (QED) is 0.474. The molecule has 0 saturated heterocycles. The van der Waals surface area contributed by atoms with Gasteiger partial charge >= 0.3 is 0 Å². The van der Waals surface area contributed by atoms with Crippen LogP contribution in [-0.4, -0.2) is 3.92 Å². The van der Waals surface area contributed by atoms with Crippen molar-refractivity contribution in [3.63, 3.8) is 0 Å². The van der Waals surface area contributed by atoms with Crippen LogP contribution in [0.4, 0.5) is 0 Å². The van der Waals surface area contributed by atoms with Gasteiger partial charge in [-0.1, -0.05) is 42.4 Å². The van der Waals surface area contributed by atoms with Crippen LogP contribution >= 0.6 is 22.6 Å². The summed E-state index contributed by atoms with van der Waals surface area (Å²) in [6.07, 6.45) is 5.84. The van der Waals surface area contributed by atoms with Gasteiger partial charge in [-0.05, 0) is 18.8 Å². The van der Waals surface area contributed by atoms with Gasteiger partial charge in [-0.15, -0.1) is 0 Å². The van der Waals surface area contributed by atoms with E-state index in [2.05, 4.69) is 29.5 Å². The highest BCUT2D eigenvalue weighted by molar-refractivity contribution is 14.1. The molecule has 1 saturated carbocycles. The zero-order valence-corrected chi connectivity index (χ0v) is 7.52. The molecule has 0 heterocycles. The van der Waals surface area contributed by atoms with Crippen LogP contribution in [0.15, 0.2) is 0 Å². The Morgan fingerprint density at radius 3 is 2.50 bits per heavy atom. The maximum absolute atomic E-state index is 2.59. The van der Waals surface area contributed by atoms with E-state index in [1.807, 2.05) is 0 Å². The first-order chi connectivity index (χ1) is 3.84. The third-order valence-electron chi connectivity index (χ3n) is 2.09. The molecule has 0 spiro atoms. The molecular weight excluding hydrogens is 211 g/mol. The number of hydrogen-bond acceptors (Lipinski definition) is 0. The Kier molecular flexibility index (Phi) is 2.60. The summed E-state index contributed by atoms with van der Waals surface area (Å²) in [5, 5.41) is 0. The topological polar surface area (TPSA) is 0 Å². The average molecular weight is 224 g/mol. The van der Waals surface area contributed by atoms with E-state index in [1.165, 1.54) is 25.7 Å². The predicted octanol–water partition coefficient (Wildman–Crippen LogP) is 3.00. The number of alkyl halides is 1. The summed E-state index contributed by atoms with van der Waals surface area (Å²) in [6.45, 7) is 2.31. The number of halogens is 1. The van der Waals surface area contributed by atoms with Crippen molar-refractivity contribution in [3.05, 3.63) is 0 Å². The fourth-order valence-corrected chi connectivity index (χ4v) is 2.76. The van der Waals surface area contributed by atoms with Crippen molar-refractivity contribution in [2.75, 3.05) is 0 Å². The largest absolute Gasteiger partial charge is 0.0823 e. The minimum absolute atomic E-state index is 0.998. The van der Waals surface area contributed by atoms with Crippen LogP contribution < -0.4 is 0 Å². The second-order valence-corrected chi connectivity index (χ2v) is 4.22. The molecule has 1 rings (SSSR count). The number of rotatable bonds is 1. The molecule has 48 valence electrons. The Hall–Kier alpha value is 0.730. The van der Waals surface area contributed by atoms with E-state index in [-0.39, 0.29) is 0 Å². The first kappa shape index (κ1) is 6.84. The van der Waals surface area contributed by atoms with Crippen molar-refractivity contribution in [1.82, 2.24) is 0 Å². The Labute approximate surface area is 65.2 Å². The molecule has 0 unspecified atom stereocenters. The SMILES string of the molecule is CC[C@H]1CCC[C@H]1I. The number of hydrogen-bond donors (Lipinski definition) is 0. The minimum atomic E-state index is 0.998. The van der Waals surface area contributed by atoms with E-state index in [0.717, 1.165) is 9.84 Å². The van der Waals surface area contributed by atoms with Gasteiger partial charge in [-0.25, -0.2) is 0 Å². The molecule has 0 bridgehead atoms. The van der Waals surface area contributed by atoms with Crippen LogP contribution in [0.1, 0.15) is 32.6 Å². The molecule has 0 amide bonds. The molecule has 1 aliphatic rings. The lowest BCUT2D eigenvalue weighted by Crippen LogP contribution is -2.03. The van der Waals surface area contributed by atoms with E-state index >= 15 is 0 Å². The van der Waals surface area contributed by atoms with E-state index in [9.17, 15) is 0 Å². The van der Waals surface area contributed by atoms with Crippen LogP contribution in [-0.2, 0) is 0 Å². The average Bonchev–Trinajstić information content (AvgIpc) is 2.14. The van der Waals surface area contributed by atoms with Crippen molar-refractivity contribution >= 4 is 22.6 Å². The molecule has 1 aliphatic carbocycles. The zero-order chi connectivity index (χ0) is 5.98. The lowest BCUT2D eigenvalue weighted by molar-refractivity contribution is 0.552. The third-order valence-corrected chi connectivity index (χ3v) is 3.73. The van der Waals surface area contributed by atoms with Crippen LogP contribution in [0, 0.1) is 5.92 Å². The third kappa shape index (κ3) is 1.36. The second kappa shape index (κ2) is 3.04. The highest BCUT2D eigenvalue weighted by atomic mass is 127. The molecule has 0 aliphatic heterocycles. The summed E-state index contributed by atoms with van der Waals surface area (Å²) >= 11 is 2.59. The van der Waals surface area contributed by atoms with Crippen LogP contribution in [0.25, 0.3) is 0 Å². The maximum atomic E-state index is 2.59. The summed E-state index contributed by atoms with van der Waals surface area (Å²) in [5.41, 5.74) is 0. The lowest BCUT2D eigenvalue weighted by Gasteiger charge is -2.08. The molecule has 0 radical (unpaired) electrons. The highest BCUT2D eigenvalue weighted by Gasteiger charge is 2.22. The van der Waals surface area contributed by atoms with Gasteiger partial charge in [0.05, 0.1) is 0 Å².